The van der Waals surface area contributed by atoms with E-state index in [1.54, 1.807) is 25.4 Å². The monoisotopic (exact) mass is 393 g/mol. The highest BCUT2D eigenvalue weighted by atomic mass is 35.5. The van der Waals surface area contributed by atoms with Crippen molar-refractivity contribution in [3.8, 4) is 0 Å². The zero-order valence-electron chi connectivity index (χ0n) is 14.6. The molecule has 8 heteroatoms. The molecule has 1 aromatic heterocycles. The van der Waals surface area contributed by atoms with Gasteiger partial charge in [0.2, 0.25) is 0 Å². The van der Waals surface area contributed by atoms with Crippen LogP contribution in [0.15, 0.2) is 36.5 Å². The predicted octanol–water partition coefficient (Wildman–Crippen LogP) is 3.05. The highest BCUT2D eigenvalue weighted by Crippen LogP contribution is 2.25. The number of hydrogen-bond acceptors (Lipinski definition) is 5. The number of hydrogen-bond donors (Lipinski definition) is 1. The lowest BCUT2D eigenvalue weighted by atomic mass is 10.2. The first-order valence-electron chi connectivity index (χ1n) is 8.22. The predicted molar refractivity (Wildman–Crippen MR) is 103 cm³/mol. The molecule has 2 aromatic rings. The lowest BCUT2D eigenvalue weighted by molar-refractivity contribution is 0.0742. The fraction of sp³-hybridized carbons (Fsp3) is 0.333. The molecule has 1 saturated heterocycles. The Morgan fingerprint density at radius 1 is 1.31 bits per heavy atom. The molecule has 1 unspecified atom stereocenters. The Labute approximate surface area is 158 Å². The summed E-state index contributed by atoms with van der Waals surface area (Å²) in [5.74, 6) is -0.161. The van der Waals surface area contributed by atoms with Crippen LogP contribution in [0.3, 0.4) is 0 Å². The molecule has 1 atom stereocenters. The SMILES string of the molecule is Cc1ccc(Cl)cc1Nc1ccnc(C(=O)N(C)C2CCS(=O)(=O)C2)c1. The van der Waals surface area contributed by atoms with Crippen LogP contribution >= 0.6 is 11.6 Å². The number of nitrogens with zero attached hydrogens (tertiary/aromatic N) is 2. The van der Waals surface area contributed by atoms with Crippen LogP contribution in [0.2, 0.25) is 5.02 Å². The summed E-state index contributed by atoms with van der Waals surface area (Å²) in [6.45, 7) is 1.96. The quantitative estimate of drug-likeness (QED) is 0.863. The molecule has 138 valence electrons. The van der Waals surface area contributed by atoms with E-state index in [4.69, 9.17) is 11.6 Å². The summed E-state index contributed by atoms with van der Waals surface area (Å²) < 4.78 is 23.3. The molecule has 0 radical (unpaired) electrons. The second kappa shape index (κ2) is 7.25. The standard InChI is InChI=1S/C18H20ClN3O3S/c1-12-3-4-13(19)9-16(12)21-14-5-7-20-17(10-14)18(23)22(2)15-6-8-26(24,25)11-15/h3-5,7,9-10,15H,6,8,11H2,1-2H3,(H,20,21). The van der Waals surface area contributed by atoms with Crippen LogP contribution in [0.25, 0.3) is 0 Å². The fourth-order valence-corrected chi connectivity index (χ4v) is 4.88. The number of anilines is 2. The third kappa shape index (κ3) is 4.16. The van der Waals surface area contributed by atoms with Crippen molar-refractivity contribution in [3.63, 3.8) is 0 Å². The zero-order chi connectivity index (χ0) is 18.9. The van der Waals surface area contributed by atoms with Gasteiger partial charge in [-0.05, 0) is 43.2 Å². The van der Waals surface area contributed by atoms with E-state index in [0.717, 1.165) is 11.3 Å². The smallest absolute Gasteiger partial charge is 0.272 e. The molecule has 1 fully saturated rings. The first kappa shape index (κ1) is 18.7. The van der Waals surface area contributed by atoms with Gasteiger partial charge in [0.05, 0.1) is 11.5 Å². The second-order valence-corrected chi connectivity index (χ2v) is 9.15. The topological polar surface area (TPSA) is 79.4 Å². The molecular formula is C18H20ClN3O3S. The molecular weight excluding hydrogens is 374 g/mol. The molecule has 0 saturated carbocycles. The largest absolute Gasteiger partial charge is 0.355 e. The summed E-state index contributed by atoms with van der Waals surface area (Å²) in [6.07, 6.45) is 2.01. The summed E-state index contributed by atoms with van der Waals surface area (Å²) in [6, 6.07) is 8.65. The number of halogens is 1. The van der Waals surface area contributed by atoms with E-state index in [-0.39, 0.29) is 29.1 Å². The van der Waals surface area contributed by atoms with Gasteiger partial charge in [0.1, 0.15) is 5.69 Å². The maximum atomic E-state index is 12.7. The Hall–Kier alpha value is -2.12. The van der Waals surface area contributed by atoms with E-state index >= 15 is 0 Å². The second-order valence-electron chi connectivity index (χ2n) is 6.49. The van der Waals surface area contributed by atoms with E-state index in [9.17, 15) is 13.2 Å². The number of amides is 1. The molecule has 26 heavy (non-hydrogen) atoms. The summed E-state index contributed by atoms with van der Waals surface area (Å²) in [5, 5.41) is 3.86. The van der Waals surface area contributed by atoms with Crippen molar-refractivity contribution in [2.45, 2.75) is 19.4 Å². The van der Waals surface area contributed by atoms with E-state index in [2.05, 4.69) is 10.3 Å². The van der Waals surface area contributed by atoms with Gasteiger partial charge in [0, 0.05) is 35.7 Å². The molecule has 0 aliphatic carbocycles. The van der Waals surface area contributed by atoms with Crippen molar-refractivity contribution in [3.05, 3.63) is 52.8 Å². The molecule has 0 bridgehead atoms. The number of carbonyl (C=O) groups is 1. The number of rotatable bonds is 4. The van der Waals surface area contributed by atoms with Crippen molar-refractivity contribution in [2.24, 2.45) is 0 Å². The van der Waals surface area contributed by atoms with Crippen LogP contribution in [0.4, 0.5) is 11.4 Å². The van der Waals surface area contributed by atoms with Gasteiger partial charge in [-0.15, -0.1) is 0 Å². The molecule has 1 aliphatic heterocycles. The summed E-state index contributed by atoms with van der Waals surface area (Å²) in [7, 11) is -1.43. The van der Waals surface area contributed by atoms with Crippen LogP contribution in [0.5, 0.6) is 0 Å². The highest BCUT2D eigenvalue weighted by molar-refractivity contribution is 7.91. The van der Waals surface area contributed by atoms with Crippen molar-refractivity contribution in [2.75, 3.05) is 23.9 Å². The minimum atomic E-state index is -3.05. The lowest BCUT2D eigenvalue weighted by Crippen LogP contribution is -2.38. The molecule has 1 N–H and O–H groups in total. The Bertz CT molecular complexity index is 946. The van der Waals surface area contributed by atoms with Crippen LogP contribution in [-0.2, 0) is 9.84 Å². The maximum absolute atomic E-state index is 12.7. The van der Waals surface area contributed by atoms with Gasteiger partial charge >= 0.3 is 0 Å². The lowest BCUT2D eigenvalue weighted by Gasteiger charge is -2.23. The van der Waals surface area contributed by atoms with Crippen LogP contribution in [0, 0.1) is 6.92 Å². The minimum absolute atomic E-state index is 0.00882. The summed E-state index contributed by atoms with van der Waals surface area (Å²) in [4.78, 5) is 18.3. The first-order chi connectivity index (χ1) is 12.2. The minimum Gasteiger partial charge on any atom is -0.355 e. The van der Waals surface area contributed by atoms with Crippen molar-refractivity contribution < 1.29 is 13.2 Å². The van der Waals surface area contributed by atoms with Crippen molar-refractivity contribution in [1.82, 2.24) is 9.88 Å². The Kier molecular flexibility index (Phi) is 5.20. The Morgan fingerprint density at radius 2 is 2.08 bits per heavy atom. The molecule has 1 amide bonds. The van der Waals surface area contributed by atoms with E-state index in [0.29, 0.717) is 17.1 Å². The van der Waals surface area contributed by atoms with E-state index in [1.165, 1.54) is 4.90 Å². The average Bonchev–Trinajstić information content (AvgIpc) is 2.97. The van der Waals surface area contributed by atoms with Gasteiger partial charge in [-0.1, -0.05) is 17.7 Å². The number of carbonyl (C=O) groups excluding carboxylic acids is 1. The normalized spacial score (nSPS) is 18.5. The third-order valence-corrected chi connectivity index (χ3v) is 6.52. The molecule has 1 aliphatic rings. The fourth-order valence-electron chi connectivity index (χ4n) is 2.94. The van der Waals surface area contributed by atoms with E-state index in [1.807, 2.05) is 25.1 Å². The molecule has 1 aromatic carbocycles. The van der Waals surface area contributed by atoms with Gasteiger partial charge in [-0.3, -0.25) is 9.78 Å². The Morgan fingerprint density at radius 3 is 2.77 bits per heavy atom. The number of sulfone groups is 1. The van der Waals surface area contributed by atoms with Gasteiger partial charge in [-0.25, -0.2) is 8.42 Å². The maximum Gasteiger partial charge on any atom is 0.272 e. The molecule has 0 spiro atoms. The number of pyridine rings is 1. The van der Waals surface area contributed by atoms with Crippen LogP contribution in [0.1, 0.15) is 22.5 Å². The molecule has 3 rings (SSSR count). The van der Waals surface area contributed by atoms with Crippen molar-refractivity contribution >= 4 is 38.7 Å². The highest BCUT2D eigenvalue weighted by Gasteiger charge is 2.33. The molecule has 2 heterocycles. The number of aromatic nitrogens is 1. The van der Waals surface area contributed by atoms with Crippen molar-refractivity contribution in [1.29, 1.82) is 0 Å². The summed E-state index contributed by atoms with van der Waals surface area (Å²) in [5.41, 5.74) is 2.84. The number of nitrogens with one attached hydrogen (secondary N) is 1. The third-order valence-electron chi connectivity index (χ3n) is 4.53. The van der Waals surface area contributed by atoms with Gasteiger partial charge in [-0.2, -0.15) is 0 Å². The number of aryl methyl sites for hydroxylation is 1. The van der Waals surface area contributed by atoms with Gasteiger partial charge in [0.15, 0.2) is 9.84 Å². The van der Waals surface area contributed by atoms with Gasteiger partial charge in [0.25, 0.3) is 5.91 Å². The van der Waals surface area contributed by atoms with Crippen LogP contribution < -0.4 is 5.32 Å². The number of benzene rings is 1. The van der Waals surface area contributed by atoms with Crippen LogP contribution in [-0.4, -0.2) is 48.8 Å². The molecule has 6 nitrogen and oxygen atoms in total. The van der Waals surface area contributed by atoms with Gasteiger partial charge < -0.3 is 10.2 Å². The average molecular weight is 394 g/mol. The first-order valence-corrected chi connectivity index (χ1v) is 10.4. The van der Waals surface area contributed by atoms with E-state index < -0.39 is 9.84 Å². The summed E-state index contributed by atoms with van der Waals surface area (Å²) >= 11 is 6.04. The Balaban J connectivity index is 1.78. The zero-order valence-corrected chi connectivity index (χ0v) is 16.1.